The molecule has 0 aromatic rings. The number of nitrogens with zero attached hydrogens (tertiary/aromatic N) is 1. The minimum Gasteiger partial charge on any atom is -0.240 e. The van der Waals surface area contributed by atoms with Crippen LogP contribution in [-0.4, -0.2) is 27.4 Å². The minimum absolute atomic E-state index is 0.00553. The molecular weight excluding hydrogens is 172 g/mol. The maximum Gasteiger partial charge on any atom is 0.108 e. The van der Waals surface area contributed by atoms with E-state index in [-0.39, 0.29) is 5.41 Å². The predicted octanol–water partition coefficient (Wildman–Crippen LogP) is 1.70. The fraction of sp³-hybridized carbons (Fsp3) is 1.00. The number of hydrogen-bond acceptors (Lipinski definition) is 2. The van der Waals surface area contributed by atoms with Crippen molar-refractivity contribution < 1.29 is 4.21 Å². The second kappa shape index (κ2) is 3.00. The molecule has 0 aliphatic carbocycles. The van der Waals surface area contributed by atoms with Gasteiger partial charge in [0.1, 0.15) is 9.92 Å². The third kappa shape index (κ3) is 2.45. The Morgan fingerprint density at radius 3 is 2.17 bits per heavy atom. The van der Waals surface area contributed by atoms with Crippen molar-refractivity contribution in [3.63, 3.8) is 0 Å². The molecule has 0 radical (unpaired) electrons. The van der Waals surface area contributed by atoms with Crippen LogP contribution in [-0.2, 0) is 9.92 Å². The molecule has 0 amide bonds. The van der Waals surface area contributed by atoms with Gasteiger partial charge >= 0.3 is 0 Å². The largest absolute Gasteiger partial charge is 0.240 e. The number of nitrogens with one attached hydrogen (secondary N) is 1. The van der Waals surface area contributed by atoms with Crippen LogP contribution in [0.4, 0.5) is 0 Å². The smallest absolute Gasteiger partial charge is 0.108 e. The van der Waals surface area contributed by atoms with E-state index in [0.29, 0.717) is 5.75 Å². The zero-order chi connectivity index (χ0) is 9.41. The van der Waals surface area contributed by atoms with E-state index in [1.54, 1.807) is 4.31 Å². The molecule has 0 spiro atoms. The van der Waals surface area contributed by atoms with Crippen molar-refractivity contribution >= 4 is 9.92 Å². The van der Waals surface area contributed by atoms with Gasteiger partial charge in [-0.3, -0.25) is 0 Å². The van der Waals surface area contributed by atoms with E-state index < -0.39 is 9.92 Å². The van der Waals surface area contributed by atoms with Crippen LogP contribution in [0.5, 0.6) is 0 Å². The van der Waals surface area contributed by atoms with Crippen LogP contribution >= 0.6 is 0 Å². The molecule has 1 atom stereocenters. The Kier molecular flexibility index (Phi) is 2.50. The first kappa shape index (κ1) is 9.99. The molecule has 1 aliphatic heterocycles. The summed E-state index contributed by atoms with van der Waals surface area (Å²) < 4.78 is 21.3. The minimum atomic E-state index is -2.45. The molecule has 72 valence electrons. The Balaban J connectivity index is 2.60. The van der Waals surface area contributed by atoms with Crippen molar-refractivity contribution in [3.8, 4) is 0 Å². The van der Waals surface area contributed by atoms with Crippen molar-refractivity contribution in [2.75, 3.05) is 18.8 Å². The van der Waals surface area contributed by atoms with Gasteiger partial charge in [-0.05, 0) is 11.8 Å². The first-order chi connectivity index (χ1) is 5.31. The van der Waals surface area contributed by atoms with Crippen molar-refractivity contribution in [1.82, 2.24) is 4.31 Å². The van der Waals surface area contributed by atoms with Gasteiger partial charge in [0.2, 0.25) is 0 Å². The maximum absolute atomic E-state index is 11.8. The Labute approximate surface area is 75.3 Å². The van der Waals surface area contributed by atoms with E-state index in [9.17, 15) is 4.21 Å². The first-order valence-electron chi connectivity index (χ1n) is 4.33. The summed E-state index contributed by atoms with van der Waals surface area (Å²) in [7, 11) is -2.45. The van der Waals surface area contributed by atoms with Gasteiger partial charge in [-0.25, -0.2) is 13.3 Å². The molecule has 1 aliphatic rings. The third-order valence-corrected chi connectivity index (χ3v) is 4.32. The normalized spacial score (nSPS) is 24.6. The fourth-order valence-electron chi connectivity index (χ4n) is 1.26. The van der Waals surface area contributed by atoms with E-state index in [1.165, 1.54) is 0 Å². The molecule has 0 saturated carbocycles. The van der Waals surface area contributed by atoms with E-state index in [1.807, 2.05) is 20.8 Å². The Hall–Kier alpha value is -0.0900. The summed E-state index contributed by atoms with van der Waals surface area (Å²) in [5.74, 6) is 0.486. The molecule has 1 rings (SSSR count). The van der Waals surface area contributed by atoms with Crippen molar-refractivity contribution in [2.24, 2.45) is 5.41 Å². The summed E-state index contributed by atoms with van der Waals surface area (Å²) in [6, 6.07) is 0. The standard InChI is InChI=1S/C8H18N2OS/c1-8(2,3)7-12(9,11)10-5-4-6-10/h9H,4-7H2,1-3H3. The third-order valence-electron chi connectivity index (χ3n) is 1.86. The van der Waals surface area contributed by atoms with Gasteiger partial charge in [-0.2, -0.15) is 0 Å². The molecule has 1 saturated heterocycles. The molecule has 3 nitrogen and oxygen atoms in total. The molecule has 0 bridgehead atoms. The summed E-state index contributed by atoms with van der Waals surface area (Å²) in [4.78, 5) is 0. The Bertz CT molecular complexity index is 247. The fourth-order valence-corrected chi connectivity index (χ4v) is 3.46. The zero-order valence-electron chi connectivity index (χ0n) is 8.09. The van der Waals surface area contributed by atoms with E-state index in [0.717, 1.165) is 19.5 Å². The van der Waals surface area contributed by atoms with Crippen LogP contribution < -0.4 is 0 Å². The topological polar surface area (TPSA) is 44.2 Å². The predicted molar refractivity (Wildman–Crippen MR) is 51.4 cm³/mol. The van der Waals surface area contributed by atoms with Crippen LogP contribution in [0, 0.1) is 10.2 Å². The molecule has 1 heterocycles. The summed E-state index contributed by atoms with van der Waals surface area (Å²) in [6.45, 7) is 7.78. The van der Waals surface area contributed by atoms with Gasteiger partial charge in [0.25, 0.3) is 0 Å². The second-order valence-electron chi connectivity index (χ2n) is 4.63. The lowest BCUT2D eigenvalue weighted by molar-refractivity contribution is 0.316. The highest BCUT2D eigenvalue weighted by Crippen LogP contribution is 2.22. The quantitative estimate of drug-likeness (QED) is 0.707. The SMILES string of the molecule is CC(C)(C)CS(=N)(=O)N1CCC1. The monoisotopic (exact) mass is 190 g/mol. The number of rotatable bonds is 2. The molecule has 0 aromatic heterocycles. The highest BCUT2D eigenvalue weighted by Gasteiger charge is 2.28. The van der Waals surface area contributed by atoms with E-state index in [4.69, 9.17) is 4.78 Å². The van der Waals surface area contributed by atoms with Gasteiger partial charge in [-0.15, -0.1) is 0 Å². The summed E-state index contributed by atoms with van der Waals surface area (Å²) >= 11 is 0. The van der Waals surface area contributed by atoms with Crippen LogP contribution in [0.25, 0.3) is 0 Å². The van der Waals surface area contributed by atoms with Crippen LogP contribution in [0.2, 0.25) is 0 Å². The summed E-state index contributed by atoms with van der Waals surface area (Å²) in [5, 5.41) is 0. The molecule has 1 unspecified atom stereocenters. The van der Waals surface area contributed by atoms with Crippen LogP contribution in [0.1, 0.15) is 27.2 Å². The highest BCUT2D eigenvalue weighted by molar-refractivity contribution is 7.90. The second-order valence-corrected chi connectivity index (χ2v) is 6.71. The molecule has 12 heavy (non-hydrogen) atoms. The summed E-state index contributed by atoms with van der Waals surface area (Å²) in [6.07, 6.45) is 1.10. The van der Waals surface area contributed by atoms with Gasteiger partial charge in [0, 0.05) is 13.1 Å². The lowest BCUT2D eigenvalue weighted by atomic mass is 10.0. The summed E-state index contributed by atoms with van der Waals surface area (Å²) in [5.41, 5.74) is -0.00553. The van der Waals surface area contributed by atoms with Gasteiger partial charge in [0.05, 0.1) is 5.75 Å². The molecule has 1 fully saturated rings. The Morgan fingerprint density at radius 2 is 1.92 bits per heavy atom. The van der Waals surface area contributed by atoms with Crippen molar-refractivity contribution in [3.05, 3.63) is 0 Å². The average molecular weight is 190 g/mol. The molecule has 0 aromatic carbocycles. The molecule has 1 N–H and O–H groups in total. The van der Waals surface area contributed by atoms with Crippen molar-refractivity contribution in [1.29, 1.82) is 4.78 Å². The average Bonchev–Trinajstić information content (AvgIpc) is 1.45. The van der Waals surface area contributed by atoms with Crippen molar-refractivity contribution in [2.45, 2.75) is 27.2 Å². The van der Waals surface area contributed by atoms with Gasteiger partial charge < -0.3 is 0 Å². The highest BCUT2D eigenvalue weighted by atomic mass is 32.2. The van der Waals surface area contributed by atoms with Crippen LogP contribution in [0.15, 0.2) is 0 Å². The van der Waals surface area contributed by atoms with Gasteiger partial charge in [0.15, 0.2) is 0 Å². The zero-order valence-corrected chi connectivity index (χ0v) is 8.91. The van der Waals surface area contributed by atoms with E-state index in [2.05, 4.69) is 0 Å². The Morgan fingerprint density at radius 1 is 1.42 bits per heavy atom. The maximum atomic E-state index is 11.8. The van der Waals surface area contributed by atoms with E-state index >= 15 is 0 Å². The first-order valence-corrected chi connectivity index (χ1v) is 6.01. The molecular formula is C8H18N2OS. The lowest BCUT2D eigenvalue weighted by Gasteiger charge is -2.34. The number of hydrogen-bond donors (Lipinski definition) is 1. The van der Waals surface area contributed by atoms with Crippen LogP contribution in [0.3, 0.4) is 0 Å². The van der Waals surface area contributed by atoms with Gasteiger partial charge in [-0.1, -0.05) is 20.8 Å². The lowest BCUT2D eigenvalue weighted by Crippen LogP contribution is -2.44. The molecule has 4 heteroatoms.